The van der Waals surface area contributed by atoms with Crippen LogP contribution in [0.5, 0.6) is 0 Å². The lowest BCUT2D eigenvalue weighted by molar-refractivity contribution is -0.137. The van der Waals surface area contributed by atoms with Gasteiger partial charge < -0.3 is 5.73 Å². The summed E-state index contributed by atoms with van der Waals surface area (Å²) < 4.78 is 73.1. The quantitative estimate of drug-likeness (QED) is 0.477. The number of carbonyl (C=O) groups is 1. The van der Waals surface area contributed by atoms with Crippen LogP contribution in [0.2, 0.25) is 0 Å². The van der Waals surface area contributed by atoms with E-state index in [9.17, 15) is 31.1 Å². The second kappa shape index (κ2) is 3.94. The largest absolute Gasteiger partial charge is 0.454 e. The summed E-state index contributed by atoms with van der Waals surface area (Å²) in [5, 5.41) is 0. The van der Waals surface area contributed by atoms with E-state index in [1.807, 2.05) is 0 Å². The minimum absolute atomic E-state index is 0.502. The zero-order valence-corrected chi connectivity index (χ0v) is 7.99. The molecule has 1 rings (SSSR count). The third kappa shape index (κ3) is 2.69. The fourth-order valence-electron chi connectivity index (χ4n) is 1.16. The Bertz CT molecular complexity index is 448. The minimum atomic E-state index is -5.27. The van der Waals surface area contributed by atoms with Crippen molar-refractivity contribution in [2.24, 2.45) is 0 Å². The van der Waals surface area contributed by atoms with Crippen molar-refractivity contribution in [2.75, 3.05) is 5.73 Å². The van der Waals surface area contributed by atoms with Crippen molar-refractivity contribution in [3.05, 3.63) is 29.3 Å². The average Bonchev–Trinajstić information content (AvgIpc) is 2.13. The molecule has 0 bridgehead atoms. The van der Waals surface area contributed by atoms with Crippen molar-refractivity contribution in [3.8, 4) is 0 Å². The molecule has 2 nitrogen and oxygen atoms in total. The van der Waals surface area contributed by atoms with Gasteiger partial charge in [0.05, 0.1) is 16.8 Å². The molecule has 0 radical (unpaired) electrons. The highest BCUT2D eigenvalue weighted by Crippen LogP contribution is 2.36. The van der Waals surface area contributed by atoms with Crippen molar-refractivity contribution in [2.45, 2.75) is 12.4 Å². The predicted octanol–water partition coefficient (Wildman–Crippen LogP) is 3.03. The summed E-state index contributed by atoms with van der Waals surface area (Å²) in [6, 6.07) is 1.79. The second-order valence-corrected chi connectivity index (χ2v) is 3.09. The van der Waals surface area contributed by atoms with Crippen LogP contribution in [0.4, 0.5) is 32.0 Å². The van der Waals surface area contributed by atoms with E-state index >= 15 is 0 Å². The summed E-state index contributed by atoms with van der Waals surface area (Å²) >= 11 is 0. The van der Waals surface area contributed by atoms with Gasteiger partial charge in [0.2, 0.25) is 0 Å². The van der Waals surface area contributed by atoms with Crippen molar-refractivity contribution in [3.63, 3.8) is 0 Å². The molecule has 0 unspecified atom stereocenters. The highest BCUT2D eigenvalue weighted by Gasteiger charge is 2.42. The topological polar surface area (TPSA) is 43.1 Å². The Morgan fingerprint density at radius 2 is 1.59 bits per heavy atom. The van der Waals surface area contributed by atoms with E-state index in [4.69, 9.17) is 5.73 Å². The Balaban J connectivity index is 3.35. The van der Waals surface area contributed by atoms with Gasteiger partial charge in [-0.25, -0.2) is 0 Å². The lowest BCUT2D eigenvalue weighted by atomic mass is 10.0. The van der Waals surface area contributed by atoms with E-state index in [-0.39, 0.29) is 0 Å². The van der Waals surface area contributed by atoms with Gasteiger partial charge in [-0.15, -0.1) is 0 Å². The van der Waals surface area contributed by atoms with Gasteiger partial charge in [0.25, 0.3) is 5.78 Å². The van der Waals surface area contributed by atoms with Crippen molar-refractivity contribution in [1.82, 2.24) is 0 Å². The van der Waals surface area contributed by atoms with E-state index in [0.29, 0.717) is 18.2 Å². The number of nitrogen functional groups attached to an aromatic ring is 1. The number of para-hydroxylation sites is 1. The molecule has 0 aliphatic carbocycles. The van der Waals surface area contributed by atoms with Crippen molar-refractivity contribution < 1.29 is 31.1 Å². The SMILES string of the molecule is Nc1c(C(=O)C(F)(F)F)cccc1C(F)(F)F. The number of anilines is 1. The number of hydrogen-bond donors (Lipinski definition) is 1. The number of hydrogen-bond acceptors (Lipinski definition) is 2. The number of alkyl halides is 6. The summed E-state index contributed by atoms with van der Waals surface area (Å²) in [7, 11) is 0. The molecule has 0 amide bonds. The van der Waals surface area contributed by atoms with Crippen LogP contribution in [0.1, 0.15) is 15.9 Å². The van der Waals surface area contributed by atoms with Crippen LogP contribution >= 0.6 is 0 Å². The summed E-state index contributed by atoms with van der Waals surface area (Å²) in [4.78, 5) is 10.8. The Labute approximate surface area is 91.0 Å². The number of carbonyl (C=O) groups excluding carboxylic acids is 1. The molecule has 0 heterocycles. The van der Waals surface area contributed by atoms with Gasteiger partial charge in [-0.05, 0) is 12.1 Å². The Kier molecular flexibility index (Phi) is 3.09. The number of benzene rings is 1. The minimum Gasteiger partial charge on any atom is -0.398 e. The number of ketones is 1. The van der Waals surface area contributed by atoms with Crippen LogP contribution in [0.15, 0.2) is 18.2 Å². The molecule has 0 saturated carbocycles. The maximum Gasteiger partial charge on any atom is 0.454 e. The molecular formula is C9H5F6NO. The molecule has 17 heavy (non-hydrogen) atoms. The number of nitrogens with two attached hydrogens (primary N) is 1. The molecule has 0 aliphatic rings. The fraction of sp³-hybridized carbons (Fsp3) is 0.222. The number of Topliss-reactive ketones (excluding diaryl/α,β-unsaturated/α-hetero) is 1. The first-order chi connectivity index (χ1) is 7.55. The summed E-state index contributed by atoms with van der Waals surface area (Å²) in [6.45, 7) is 0. The monoisotopic (exact) mass is 257 g/mol. The highest BCUT2D eigenvalue weighted by molar-refractivity contribution is 6.04. The van der Waals surface area contributed by atoms with E-state index in [1.165, 1.54) is 0 Å². The second-order valence-electron chi connectivity index (χ2n) is 3.09. The molecular weight excluding hydrogens is 252 g/mol. The average molecular weight is 257 g/mol. The van der Waals surface area contributed by atoms with Gasteiger partial charge in [-0.1, -0.05) is 6.07 Å². The number of halogens is 6. The number of rotatable bonds is 1. The Morgan fingerprint density at radius 1 is 1.06 bits per heavy atom. The van der Waals surface area contributed by atoms with E-state index < -0.39 is 35.0 Å². The highest BCUT2D eigenvalue weighted by atomic mass is 19.4. The molecule has 1 aromatic carbocycles. The van der Waals surface area contributed by atoms with Gasteiger partial charge in [0.15, 0.2) is 0 Å². The maximum atomic E-state index is 12.3. The third-order valence-electron chi connectivity index (χ3n) is 1.91. The summed E-state index contributed by atoms with van der Waals surface area (Å²) in [5.74, 6) is -2.40. The van der Waals surface area contributed by atoms with E-state index in [0.717, 1.165) is 0 Å². The molecule has 0 atom stereocenters. The van der Waals surface area contributed by atoms with Crippen molar-refractivity contribution in [1.29, 1.82) is 0 Å². The molecule has 1 aromatic rings. The molecule has 94 valence electrons. The first-order valence-electron chi connectivity index (χ1n) is 4.12. The van der Waals surface area contributed by atoms with Gasteiger partial charge in [0.1, 0.15) is 0 Å². The van der Waals surface area contributed by atoms with Crippen LogP contribution in [0, 0.1) is 0 Å². The molecule has 8 heteroatoms. The van der Waals surface area contributed by atoms with Crippen LogP contribution in [0.25, 0.3) is 0 Å². The van der Waals surface area contributed by atoms with Crippen LogP contribution in [0.3, 0.4) is 0 Å². The molecule has 0 saturated heterocycles. The summed E-state index contributed by atoms with van der Waals surface area (Å²) in [5.41, 5.74) is 1.04. The first kappa shape index (κ1) is 13.3. The van der Waals surface area contributed by atoms with Crippen LogP contribution < -0.4 is 5.73 Å². The zero-order chi connectivity index (χ0) is 13.4. The molecule has 0 fully saturated rings. The maximum absolute atomic E-state index is 12.3. The summed E-state index contributed by atoms with van der Waals surface area (Å²) in [6.07, 6.45) is -10.2. The lowest BCUT2D eigenvalue weighted by Gasteiger charge is -2.13. The molecule has 0 aliphatic heterocycles. The Hall–Kier alpha value is -1.73. The third-order valence-corrected chi connectivity index (χ3v) is 1.91. The van der Waals surface area contributed by atoms with Gasteiger partial charge in [-0.2, -0.15) is 26.3 Å². The first-order valence-corrected chi connectivity index (χ1v) is 4.12. The molecule has 2 N–H and O–H groups in total. The predicted molar refractivity (Wildman–Crippen MR) is 46.2 cm³/mol. The lowest BCUT2D eigenvalue weighted by Crippen LogP contribution is -2.25. The van der Waals surface area contributed by atoms with Crippen LogP contribution in [-0.2, 0) is 6.18 Å². The van der Waals surface area contributed by atoms with Crippen LogP contribution in [-0.4, -0.2) is 12.0 Å². The standard InChI is InChI=1S/C9H5F6NO/c10-8(11,12)5-3-1-2-4(6(5)16)7(17)9(13,14)15/h1-3H,16H2. The van der Waals surface area contributed by atoms with Gasteiger partial charge >= 0.3 is 12.4 Å². The van der Waals surface area contributed by atoms with Gasteiger partial charge in [0, 0.05) is 0 Å². The van der Waals surface area contributed by atoms with E-state index in [2.05, 4.69) is 0 Å². The fourth-order valence-corrected chi connectivity index (χ4v) is 1.16. The molecule has 0 spiro atoms. The molecule has 0 aromatic heterocycles. The smallest absolute Gasteiger partial charge is 0.398 e. The zero-order valence-electron chi connectivity index (χ0n) is 7.99. The Morgan fingerprint density at radius 3 is 2.00 bits per heavy atom. The van der Waals surface area contributed by atoms with E-state index in [1.54, 1.807) is 0 Å². The van der Waals surface area contributed by atoms with Crippen molar-refractivity contribution >= 4 is 11.5 Å². The normalized spacial score (nSPS) is 12.6. The van der Waals surface area contributed by atoms with Gasteiger partial charge in [-0.3, -0.25) is 4.79 Å².